The lowest BCUT2D eigenvalue weighted by atomic mass is 10.1. The summed E-state index contributed by atoms with van der Waals surface area (Å²) < 4.78 is 10.9. The smallest absolute Gasteiger partial charge is 0.251 e. The molecule has 0 radical (unpaired) electrons. The molecule has 1 saturated heterocycles. The predicted octanol–water partition coefficient (Wildman–Crippen LogP) is 2.35. The Morgan fingerprint density at radius 3 is 2.84 bits per heavy atom. The number of methoxy groups -OCH3 is 1. The van der Waals surface area contributed by atoms with Gasteiger partial charge in [0.05, 0.1) is 13.1 Å². The van der Waals surface area contributed by atoms with Gasteiger partial charge in [0, 0.05) is 12.1 Å². The lowest BCUT2D eigenvalue weighted by Gasteiger charge is -2.40. The molecule has 0 unspecified atom stereocenters. The van der Waals surface area contributed by atoms with Crippen LogP contribution in [-0.2, 0) is 9.53 Å². The molecular weight excluding hydrogens is 266 g/mol. The van der Waals surface area contributed by atoms with Gasteiger partial charge in [-0.05, 0) is 24.6 Å². The predicted molar refractivity (Wildman–Crippen MR) is 73.5 cm³/mol. The van der Waals surface area contributed by atoms with Crippen LogP contribution in [0.25, 0.3) is 0 Å². The molecule has 104 valence electrons. The van der Waals surface area contributed by atoms with Gasteiger partial charge >= 0.3 is 0 Å². The van der Waals surface area contributed by atoms with Gasteiger partial charge in [-0.25, -0.2) is 0 Å². The second-order valence-corrected chi connectivity index (χ2v) is 5.01. The first-order chi connectivity index (χ1) is 9.13. The maximum absolute atomic E-state index is 12.0. The summed E-state index contributed by atoms with van der Waals surface area (Å²) in [4.78, 5) is 13.7. The molecule has 1 aliphatic heterocycles. The van der Waals surface area contributed by atoms with Crippen LogP contribution in [0.4, 0.5) is 0 Å². The molecule has 19 heavy (non-hydrogen) atoms. The molecule has 1 aromatic rings. The normalized spacial score (nSPS) is 16.9. The highest BCUT2D eigenvalue weighted by Crippen LogP contribution is 2.22. The van der Waals surface area contributed by atoms with Crippen molar-refractivity contribution < 1.29 is 14.3 Å². The zero-order valence-corrected chi connectivity index (χ0v) is 11.9. The third-order valence-electron chi connectivity index (χ3n) is 3.19. The number of hydrogen-bond donors (Lipinski definition) is 0. The standard InChI is InChI=1S/C14H18ClNO3/c1-3-13(18-2)14(17)16-8-12(9-16)19-11-6-4-5-10(15)7-11/h4-7,12-13H,3,8-9H2,1-2H3/t13-/m1/s1. The molecule has 0 spiro atoms. The van der Waals surface area contributed by atoms with Crippen LogP contribution in [0.15, 0.2) is 24.3 Å². The van der Waals surface area contributed by atoms with E-state index >= 15 is 0 Å². The number of likely N-dealkylation sites (tertiary alicyclic amines) is 1. The number of ether oxygens (including phenoxy) is 2. The van der Waals surface area contributed by atoms with Crippen LogP contribution < -0.4 is 4.74 Å². The summed E-state index contributed by atoms with van der Waals surface area (Å²) in [5.74, 6) is 0.777. The molecule has 1 aliphatic rings. The van der Waals surface area contributed by atoms with Crippen LogP contribution >= 0.6 is 11.6 Å². The third-order valence-corrected chi connectivity index (χ3v) is 3.42. The minimum atomic E-state index is -0.341. The Morgan fingerprint density at radius 1 is 1.53 bits per heavy atom. The van der Waals surface area contributed by atoms with Gasteiger partial charge in [-0.1, -0.05) is 24.6 Å². The minimum Gasteiger partial charge on any atom is -0.487 e. The molecule has 0 aromatic heterocycles. The summed E-state index contributed by atoms with van der Waals surface area (Å²) in [5, 5.41) is 0.648. The number of nitrogens with zero attached hydrogens (tertiary/aromatic N) is 1. The van der Waals surface area contributed by atoms with Crippen molar-refractivity contribution in [3.63, 3.8) is 0 Å². The second-order valence-electron chi connectivity index (χ2n) is 4.57. The first-order valence-corrected chi connectivity index (χ1v) is 6.75. The molecule has 0 aliphatic carbocycles. The Hall–Kier alpha value is -1.26. The van der Waals surface area contributed by atoms with E-state index < -0.39 is 0 Å². The number of amides is 1. The van der Waals surface area contributed by atoms with Crippen LogP contribution in [0.5, 0.6) is 5.75 Å². The highest BCUT2D eigenvalue weighted by atomic mass is 35.5. The monoisotopic (exact) mass is 283 g/mol. The van der Waals surface area contributed by atoms with Gasteiger partial charge in [-0.15, -0.1) is 0 Å². The summed E-state index contributed by atoms with van der Waals surface area (Å²) >= 11 is 5.89. The van der Waals surface area contributed by atoms with Gasteiger partial charge < -0.3 is 14.4 Å². The average molecular weight is 284 g/mol. The fraction of sp³-hybridized carbons (Fsp3) is 0.500. The van der Waals surface area contributed by atoms with Gasteiger partial charge in [0.2, 0.25) is 0 Å². The fourth-order valence-corrected chi connectivity index (χ4v) is 2.25. The van der Waals surface area contributed by atoms with E-state index in [4.69, 9.17) is 21.1 Å². The van der Waals surface area contributed by atoms with Crippen molar-refractivity contribution in [2.24, 2.45) is 0 Å². The molecule has 1 heterocycles. The zero-order chi connectivity index (χ0) is 13.8. The van der Waals surface area contributed by atoms with E-state index in [-0.39, 0.29) is 18.1 Å². The van der Waals surface area contributed by atoms with Crippen molar-refractivity contribution in [2.45, 2.75) is 25.6 Å². The summed E-state index contributed by atoms with van der Waals surface area (Å²) in [5.41, 5.74) is 0. The third kappa shape index (κ3) is 3.39. The second kappa shape index (κ2) is 6.26. The summed E-state index contributed by atoms with van der Waals surface area (Å²) in [6.07, 6.45) is 0.384. The number of carbonyl (C=O) groups excluding carboxylic acids is 1. The van der Waals surface area contributed by atoms with Crippen LogP contribution in [0, 0.1) is 0 Å². The molecule has 0 bridgehead atoms. The molecule has 4 nitrogen and oxygen atoms in total. The molecule has 1 fully saturated rings. The minimum absolute atomic E-state index is 0.0379. The Balaban J connectivity index is 1.82. The van der Waals surface area contributed by atoms with Crippen molar-refractivity contribution in [1.82, 2.24) is 4.90 Å². The molecule has 0 N–H and O–H groups in total. The SMILES string of the molecule is CC[C@@H](OC)C(=O)N1CC(Oc2cccc(Cl)c2)C1. The lowest BCUT2D eigenvalue weighted by Crippen LogP contribution is -2.58. The maximum atomic E-state index is 12.0. The molecule has 1 aromatic carbocycles. The van der Waals surface area contributed by atoms with Crippen molar-refractivity contribution in [1.29, 1.82) is 0 Å². The maximum Gasteiger partial charge on any atom is 0.251 e. The molecule has 5 heteroatoms. The summed E-state index contributed by atoms with van der Waals surface area (Å²) in [6.45, 7) is 3.14. The number of hydrogen-bond acceptors (Lipinski definition) is 3. The molecule has 2 rings (SSSR count). The van der Waals surface area contributed by atoms with Crippen molar-refractivity contribution in [3.05, 3.63) is 29.3 Å². The Morgan fingerprint density at radius 2 is 2.26 bits per heavy atom. The topological polar surface area (TPSA) is 38.8 Å². The van der Waals surface area contributed by atoms with Crippen molar-refractivity contribution in [3.8, 4) is 5.75 Å². The van der Waals surface area contributed by atoms with Gasteiger partial charge in [0.15, 0.2) is 0 Å². The molecule has 1 amide bonds. The van der Waals surface area contributed by atoms with Crippen molar-refractivity contribution >= 4 is 17.5 Å². The summed E-state index contributed by atoms with van der Waals surface area (Å²) in [6, 6.07) is 7.28. The first kappa shape index (κ1) is 14.2. The van der Waals surface area contributed by atoms with Crippen LogP contribution in [0.2, 0.25) is 5.02 Å². The molecule has 0 saturated carbocycles. The number of benzene rings is 1. The number of halogens is 1. The Labute approximate surface area is 118 Å². The van der Waals surface area contributed by atoms with E-state index in [2.05, 4.69) is 0 Å². The fourth-order valence-electron chi connectivity index (χ4n) is 2.07. The highest BCUT2D eigenvalue weighted by Gasteiger charge is 2.35. The van der Waals surface area contributed by atoms with Gasteiger partial charge in [0.25, 0.3) is 5.91 Å². The van der Waals surface area contributed by atoms with Gasteiger partial charge in [-0.3, -0.25) is 4.79 Å². The van der Waals surface area contributed by atoms with Crippen LogP contribution in [0.1, 0.15) is 13.3 Å². The van der Waals surface area contributed by atoms with E-state index in [9.17, 15) is 4.79 Å². The zero-order valence-electron chi connectivity index (χ0n) is 11.1. The van der Waals surface area contributed by atoms with E-state index in [1.165, 1.54) is 0 Å². The largest absolute Gasteiger partial charge is 0.487 e. The van der Waals surface area contributed by atoms with E-state index in [1.54, 1.807) is 24.1 Å². The quantitative estimate of drug-likeness (QED) is 0.833. The highest BCUT2D eigenvalue weighted by molar-refractivity contribution is 6.30. The molecular formula is C14H18ClNO3. The Kier molecular flexibility index (Phi) is 4.66. The summed E-state index contributed by atoms with van der Waals surface area (Å²) in [7, 11) is 1.56. The van der Waals surface area contributed by atoms with Crippen LogP contribution in [0.3, 0.4) is 0 Å². The average Bonchev–Trinajstić information content (AvgIpc) is 2.34. The van der Waals surface area contributed by atoms with E-state index in [0.29, 0.717) is 24.5 Å². The lowest BCUT2D eigenvalue weighted by molar-refractivity contribution is -0.151. The number of carbonyl (C=O) groups is 1. The van der Waals surface area contributed by atoms with Crippen molar-refractivity contribution in [2.75, 3.05) is 20.2 Å². The Bertz CT molecular complexity index is 442. The molecule has 1 atom stereocenters. The number of rotatable bonds is 5. The first-order valence-electron chi connectivity index (χ1n) is 6.37. The van der Waals surface area contributed by atoms with Gasteiger partial charge in [-0.2, -0.15) is 0 Å². The van der Waals surface area contributed by atoms with E-state index in [1.807, 2.05) is 19.1 Å². The van der Waals surface area contributed by atoms with Crippen LogP contribution in [-0.4, -0.2) is 43.2 Å². The van der Waals surface area contributed by atoms with E-state index in [0.717, 1.165) is 5.75 Å². The van der Waals surface area contributed by atoms with Gasteiger partial charge in [0.1, 0.15) is 18.0 Å².